The minimum atomic E-state index is -0.505. The van der Waals surface area contributed by atoms with Crippen molar-refractivity contribution in [2.24, 2.45) is 0 Å². The highest BCUT2D eigenvalue weighted by molar-refractivity contribution is 5.90. The Bertz CT molecular complexity index is 2350. The van der Waals surface area contributed by atoms with Gasteiger partial charge in [0.2, 0.25) is 0 Å². The second-order valence-electron chi connectivity index (χ2n) is 16.5. The summed E-state index contributed by atoms with van der Waals surface area (Å²) in [6, 6.07) is 66.9. The van der Waals surface area contributed by atoms with Crippen LogP contribution in [0.1, 0.15) is 109 Å². The molecule has 0 aliphatic heterocycles. The van der Waals surface area contributed by atoms with E-state index in [2.05, 4.69) is 181 Å². The van der Waals surface area contributed by atoms with Crippen molar-refractivity contribution in [2.45, 2.75) is 81.5 Å². The molecule has 0 bridgehead atoms. The highest BCUT2D eigenvalue weighted by atomic mass is 15.1. The van der Waals surface area contributed by atoms with Crippen LogP contribution in [-0.4, -0.2) is 0 Å². The van der Waals surface area contributed by atoms with Crippen LogP contribution in [-0.2, 0) is 5.41 Å². The molecule has 2 fully saturated rings. The molecular weight excluding hydrogens is 675 g/mol. The zero-order chi connectivity index (χ0) is 37.3. The van der Waals surface area contributed by atoms with E-state index in [4.69, 9.17) is 0 Å². The summed E-state index contributed by atoms with van der Waals surface area (Å²) in [4.78, 5) is 2.51. The van der Waals surface area contributed by atoms with E-state index in [0.717, 1.165) is 0 Å². The lowest BCUT2D eigenvalue weighted by atomic mass is 9.67. The third-order valence-corrected chi connectivity index (χ3v) is 13.4. The molecule has 0 N–H and O–H groups in total. The molecule has 7 aromatic rings. The molecule has 2 saturated carbocycles. The van der Waals surface area contributed by atoms with Crippen molar-refractivity contribution in [3.05, 3.63) is 209 Å². The van der Waals surface area contributed by atoms with E-state index in [-0.39, 0.29) is 0 Å². The van der Waals surface area contributed by atoms with Crippen molar-refractivity contribution < 1.29 is 0 Å². The van der Waals surface area contributed by atoms with Crippen LogP contribution >= 0.6 is 0 Å². The predicted molar refractivity (Wildman–Crippen MR) is 236 cm³/mol. The summed E-state index contributed by atoms with van der Waals surface area (Å²) in [5.41, 5.74) is 16.4. The lowest BCUT2D eigenvalue weighted by Gasteiger charge is -2.35. The smallest absolute Gasteiger partial charge is 0.0714 e. The third-order valence-electron chi connectivity index (χ3n) is 13.4. The van der Waals surface area contributed by atoms with E-state index in [1.165, 1.54) is 137 Å². The number of hydrogen-bond acceptors (Lipinski definition) is 1. The zero-order valence-electron chi connectivity index (χ0n) is 32.4. The van der Waals surface area contributed by atoms with Gasteiger partial charge in [0.25, 0.3) is 0 Å². The van der Waals surface area contributed by atoms with Gasteiger partial charge in [-0.05, 0) is 136 Å². The lowest BCUT2D eigenvalue weighted by Crippen LogP contribution is -2.29. The van der Waals surface area contributed by atoms with Gasteiger partial charge in [-0.1, -0.05) is 172 Å². The van der Waals surface area contributed by atoms with Gasteiger partial charge < -0.3 is 4.90 Å². The zero-order valence-corrected chi connectivity index (χ0v) is 32.4. The van der Waals surface area contributed by atoms with E-state index < -0.39 is 5.41 Å². The fourth-order valence-corrected chi connectivity index (χ4v) is 10.6. The second-order valence-corrected chi connectivity index (χ2v) is 16.5. The van der Waals surface area contributed by atoms with E-state index in [0.29, 0.717) is 11.8 Å². The Balaban J connectivity index is 1.16. The van der Waals surface area contributed by atoms with Gasteiger partial charge in [-0.3, -0.25) is 0 Å². The average molecular weight is 726 g/mol. The predicted octanol–water partition coefficient (Wildman–Crippen LogP) is 15.3. The lowest BCUT2D eigenvalue weighted by molar-refractivity contribution is 0.443. The number of hydrogen-bond donors (Lipinski definition) is 0. The highest BCUT2D eigenvalue weighted by Crippen LogP contribution is 2.57. The number of fused-ring (bicyclic) bond motifs is 3. The van der Waals surface area contributed by atoms with Gasteiger partial charge in [-0.25, -0.2) is 0 Å². The molecule has 56 heavy (non-hydrogen) atoms. The Hall–Kier alpha value is -5.66. The second kappa shape index (κ2) is 15.1. The third kappa shape index (κ3) is 6.19. The fraction of sp³-hybridized carbons (Fsp3) is 0.236. The Morgan fingerprint density at radius 2 is 0.857 bits per heavy atom. The van der Waals surface area contributed by atoms with Crippen LogP contribution in [0.15, 0.2) is 176 Å². The normalized spacial score (nSPS) is 18.3. The highest BCUT2D eigenvalue weighted by Gasteiger charge is 2.46. The molecule has 1 unspecified atom stereocenters. The van der Waals surface area contributed by atoms with Gasteiger partial charge in [0, 0.05) is 17.1 Å². The van der Waals surface area contributed by atoms with Crippen molar-refractivity contribution in [1.82, 2.24) is 0 Å². The maximum absolute atomic E-state index is 2.52. The number of anilines is 3. The first kappa shape index (κ1) is 34.8. The summed E-state index contributed by atoms with van der Waals surface area (Å²) in [7, 11) is 0. The molecule has 0 spiro atoms. The first-order valence-corrected chi connectivity index (χ1v) is 21.2. The molecule has 1 heteroatoms. The van der Waals surface area contributed by atoms with Crippen LogP contribution in [0.25, 0.3) is 22.3 Å². The van der Waals surface area contributed by atoms with Crippen LogP contribution in [0.5, 0.6) is 0 Å². The van der Waals surface area contributed by atoms with Crippen molar-refractivity contribution in [3.8, 4) is 22.3 Å². The summed E-state index contributed by atoms with van der Waals surface area (Å²) < 4.78 is 0. The van der Waals surface area contributed by atoms with Gasteiger partial charge in [0.05, 0.1) is 5.41 Å². The van der Waals surface area contributed by atoms with E-state index in [1.807, 2.05) is 0 Å². The summed E-state index contributed by atoms with van der Waals surface area (Å²) in [6.07, 6.45) is 13.4. The van der Waals surface area contributed by atoms with Crippen molar-refractivity contribution >= 4 is 17.1 Å². The van der Waals surface area contributed by atoms with Gasteiger partial charge in [-0.15, -0.1) is 0 Å². The minimum absolute atomic E-state index is 0.505. The van der Waals surface area contributed by atoms with Crippen molar-refractivity contribution in [3.63, 3.8) is 0 Å². The van der Waals surface area contributed by atoms with Gasteiger partial charge >= 0.3 is 0 Å². The molecule has 0 radical (unpaired) electrons. The maximum Gasteiger partial charge on any atom is 0.0714 e. The van der Waals surface area contributed by atoms with Crippen LogP contribution in [0.4, 0.5) is 17.1 Å². The topological polar surface area (TPSA) is 3.24 Å². The molecule has 0 amide bonds. The number of benzene rings is 7. The Labute approximate surface area is 333 Å². The molecular formula is C55H51N. The molecule has 0 aromatic heterocycles. The van der Waals surface area contributed by atoms with E-state index in [9.17, 15) is 0 Å². The van der Waals surface area contributed by atoms with Gasteiger partial charge in [0.15, 0.2) is 0 Å². The molecule has 10 rings (SSSR count). The summed E-state index contributed by atoms with van der Waals surface area (Å²) >= 11 is 0. The molecule has 0 saturated heterocycles. The molecule has 1 nitrogen and oxygen atoms in total. The Morgan fingerprint density at radius 1 is 0.357 bits per heavy atom. The van der Waals surface area contributed by atoms with Gasteiger partial charge in [-0.2, -0.15) is 0 Å². The molecule has 0 heterocycles. The first-order chi connectivity index (χ1) is 27.8. The molecule has 3 aliphatic rings. The van der Waals surface area contributed by atoms with Gasteiger partial charge in [0.1, 0.15) is 0 Å². The fourth-order valence-electron chi connectivity index (χ4n) is 10.6. The molecule has 7 aromatic carbocycles. The standard InChI is InChI=1S/C55H51N/c1-5-16-40(17-6-1)43-28-32-48(33-29-43)56(49-34-30-44(31-35-49)41-18-7-2-8-19-41)50-36-37-52-51-26-13-14-27-53(51)55(54(52)39-50,46-23-11-4-12-24-46)47-25-15-22-45(38-47)42-20-9-3-10-21-42/h3-4,9-15,20-41H,1-2,5-8,16-19H2. The largest absolute Gasteiger partial charge is 0.310 e. The molecule has 276 valence electrons. The summed E-state index contributed by atoms with van der Waals surface area (Å²) in [5.74, 6) is 1.36. The number of nitrogens with zero attached hydrogens (tertiary/aromatic N) is 1. The maximum atomic E-state index is 2.52. The van der Waals surface area contributed by atoms with E-state index in [1.54, 1.807) is 0 Å². The summed E-state index contributed by atoms with van der Waals surface area (Å²) in [6.45, 7) is 0. The monoisotopic (exact) mass is 725 g/mol. The molecule has 1 atom stereocenters. The first-order valence-electron chi connectivity index (χ1n) is 21.2. The Morgan fingerprint density at radius 3 is 1.48 bits per heavy atom. The SMILES string of the molecule is c1ccc(-c2cccc(C3(c4ccccc4)c4ccccc4-c4ccc(N(c5ccc(C6CCCCC6)cc5)c5ccc(C6CCCCC6)cc5)cc43)c2)cc1. The van der Waals surface area contributed by atoms with Crippen LogP contribution in [0, 0.1) is 0 Å². The van der Waals surface area contributed by atoms with Crippen LogP contribution in [0.2, 0.25) is 0 Å². The van der Waals surface area contributed by atoms with Crippen LogP contribution < -0.4 is 4.90 Å². The minimum Gasteiger partial charge on any atom is -0.310 e. The molecule has 3 aliphatic carbocycles. The quantitative estimate of drug-likeness (QED) is 0.151. The number of rotatable bonds is 8. The average Bonchev–Trinajstić information content (AvgIpc) is 3.59. The van der Waals surface area contributed by atoms with Crippen LogP contribution in [0.3, 0.4) is 0 Å². The summed E-state index contributed by atoms with van der Waals surface area (Å²) in [5, 5.41) is 0. The van der Waals surface area contributed by atoms with E-state index >= 15 is 0 Å². The van der Waals surface area contributed by atoms with Crippen molar-refractivity contribution in [2.75, 3.05) is 4.90 Å². The Kier molecular flexibility index (Phi) is 9.39. The van der Waals surface area contributed by atoms with Crippen molar-refractivity contribution in [1.29, 1.82) is 0 Å².